The largest absolute Gasteiger partial charge is 0.497 e. The van der Waals surface area contributed by atoms with E-state index in [0.29, 0.717) is 17.9 Å². The normalized spacial score (nSPS) is 12.1. The number of halogens is 1. The van der Waals surface area contributed by atoms with Gasteiger partial charge in [0.1, 0.15) is 11.6 Å². The van der Waals surface area contributed by atoms with Crippen molar-refractivity contribution in [2.24, 2.45) is 0 Å². The molecule has 1 aromatic carbocycles. The van der Waals surface area contributed by atoms with Crippen molar-refractivity contribution in [1.82, 2.24) is 10.2 Å². The highest BCUT2D eigenvalue weighted by Gasteiger charge is 2.14. The summed E-state index contributed by atoms with van der Waals surface area (Å²) >= 11 is 0. The van der Waals surface area contributed by atoms with Crippen LogP contribution in [0.25, 0.3) is 0 Å². The van der Waals surface area contributed by atoms with Crippen molar-refractivity contribution in [3.8, 4) is 5.75 Å². The first kappa shape index (κ1) is 15.4. The van der Waals surface area contributed by atoms with Crippen molar-refractivity contribution in [2.45, 2.75) is 19.9 Å². The number of nitrogens with zero attached hydrogens (tertiary/aromatic N) is 1. The molecule has 0 spiro atoms. The van der Waals surface area contributed by atoms with E-state index in [2.05, 4.69) is 5.32 Å². The predicted molar refractivity (Wildman–Crippen MR) is 72.7 cm³/mol. The summed E-state index contributed by atoms with van der Waals surface area (Å²) in [6.07, 6.45) is 0. The standard InChI is InChI=1S/C14H21FN2O2/c1-5-17(3)14(18)9-16-10(2)12-7-6-11(19-4)8-13(12)15/h6-8,10,16H,5,9H2,1-4H3. The molecule has 0 fully saturated rings. The summed E-state index contributed by atoms with van der Waals surface area (Å²) in [5.41, 5.74) is 0.521. The number of hydrogen-bond donors (Lipinski definition) is 1. The van der Waals surface area contributed by atoms with Crippen molar-refractivity contribution in [1.29, 1.82) is 0 Å². The van der Waals surface area contributed by atoms with Crippen molar-refractivity contribution in [2.75, 3.05) is 27.2 Å². The van der Waals surface area contributed by atoms with Gasteiger partial charge in [0.2, 0.25) is 5.91 Å². The Bertz CT molecular complexity index is 437. The van der Waals surface area contributed by atoms with Crippen LogP contribution in [0.15, 0.2) is 18.2 Å². The zero-order valence-corrected chi connectivity index (χ0v) is 11.9. The van der Waals surface area contributed by atoms with Crippen molar-refractivity contribution < 1.29 is 13.9 Å². The number of nitrogens with one attached hydrogen (secondary N) is 1. The van der Waals surface area contributed by atoms with Gasteiger partial charge in [-0.05, 0) is 19.9 Å². The minimum atomic E-state index is -0.337. The first-order valence-corrected chi connectivity index (χ1v) is 6.30. The summed E-state index contributed by atoms with van der Waals surface area (Å²) in [6, 6.07) is 4.48. The number of ether oxygens (including phenoxy) is 1. The van der Waals surface area contributed by atoms with Gasteiger partial charge in [0, 0.05) is 31.3 Å². The Labute approximate surface area is 113 Å². The van der Waals surface area contributed by atoms with E-state index >= 15 is 0 Å². The average Bonchev–Trinajstić information content (AvgIpc) is 2.43. The van der Waals surface area contributed by atoms with Gasteiger partial charge in [-0.1, -0.05) is 6.07 Å². The molecule has 0 aliphatic heterocycles. The maximum Gasteiger partial charge on any atom is 0.236 e. The number of likely N-dealkylation sites (N-methyl/N-ethyl adjacent to an activating group) is 1. The van der Waals surface area contributed by atoms with E-state index in [4.69, 9.17) is 4.74 Å². The molecule has 1 aromatic rings. The molecular weight excluding hydrogens is 247 g/mol. The van der Waals surface area contributed by atoms with Crippen LogP contribution in [-0.2, 0) is 4.79 Å². The molecular formula is C14H21FN2O2. The molecule has 0 radical (unpaired) electrons. The van der Waals surface area contributed by atoms with E-state index in [9.17, 15) is 9.18 Å². The minimum Gasteiger partial charge on any atom is -0.497 e. The second-order valence-corrected chi connectivity index (χ2v) is 4.40. The molecule has 4 nitrogen and oxygen atoms in total. The molecule has 1 N–H and O–H groups in total. The van der Waals surface area contributed by atoms with Crippen LogP contribution in [0.3, 0.4) is 0 Å². The Kier molecular flexibility index (Phi) is 5.76. The second kappa shape index (κ2) is 7.09. The van der Waals surface area contributed by atoms with Gasteiger partial charge >= 0.3 is 0 Å². The van der Waals surface area contributed by atoms with Gasteiger partial charge in [0.05, 0.1) is 13.7 Å². The van der Waals surface area contributed by atoms with Crippen LogP contribution in [0.4, 0.5) is 4.39 Å². The Hall–Kier alpha value is -1.62. The summed E-state index contributed by atoms with van der Waals surface area (Å²) in [7, 11) is 3.23. The molecule has 1 unspecified atom stereocenters. The van der Waals surface area contributed by atoms with Crippen molar-refractivity contribution in [3.63, 3.8) is 0 Å². The minimum absolute atomic E-state index is 0.0109. The smallest absolute Gasteiger partial charge is 0.236 e. The van der Waals surface area contributed by atoms with Crippen LogP contribution in [0.5, 0.6) is 5.75 Å². The lowest BCUT2D eigenvalue weighted by atomic mass is 10.1. The van der Waals surface area contributed by atoms with Crippen molar-refractivity contribution >= 4 is 5.91 Å². The van der Waals surface area contributed by atoms with Gasteiger partial charge in [0.25, 0.3) is 0 Å². The lowest BCUT2D eigenvalue weighted by Crippen LogP contribution is -2.36. The zero-order valence-electron chi connectivity index (χ0n) is 11.9. The summed E-state index contributed by atoms with van der Waals surface area (Å²) in [4.78, 5) is 13.3. The number of methoxy groups -OCH3 is 1. The van der Waals surface area contributed by atoms with Crippen LogP contribution < -0.4 is 10.1 Å². The van der Waals surface area contributed by atoms with E-state index in [0.717, 1.165) is 0 Å². The summed E-state index contributed by atoms with van der Waals surface area (Å²) in [5.74, 6) is 0.133. The number of rotatable bonds is 6. The number of carbonyl (C=O) groups excluding carboxylic acids is 1. The van der Waals surface area contributed by atoms with Gasteiger partial charge in [-0.25, -0.2) is 4.39 Å². The fourth-order valence-corrected chi connectivity index (χ4v) is 1.65. The highest BCUT2D eigenvalue weighted by molar-refractivity contribution is 5.77. The first-order chi connectivity index (χ1) is 8.99. The molecule has 1 rings (SSSR count). The van der Waals surface area contributed by atoms with Gasteiger partial charge in [-0.3, -0.25) is 4.79 Å². The number of amides is 1. The fourth-order valence-electron chi connectivity index (χ4n) is 1.65. The van der Waals surface area contributed by atoms with Gasteiger partial charge in [0.15, 0.2) is 0 Å². The molecule has 0 saturated heterocycles. The molecule has 0 aromatic heterocycles. The molecule has 5 heteroatoms. The van der Waals surface area contributed by atoms with Crippen LogP contribution in [0.2, 0.25) is 0 Å². The van der Waals surface area contributed by atoms with Crippen LogP contribution in [0.1, 0.15) is 25.5 Å². The summed E-state index contributed by atoms with van der Waals surface area (Å²) in [5, 5.41) is 3.02. The van der Waals surface area contributed by atoms with Crippen LogP contribution in [0, 0.1) is 5.82 Å². The third kappa shape index (κ3) is 4.21. The van der Waals surface area contributed by atoms with Crippen LogP contribution >= 0.6 is 0 Å². The van der Waals surface area contributed by atoms with Crippen molar-refractivity contribution in [3.05, 3.63) is 29.6 Å². The number of benzene rings is 1. The van der Waals surface area contributed by atoms with E-state index < -0.39 is 0 Å². The molecule has 0 heterocycles. The third-order valence-corrected chi connectivity index (χ3v) is 3.13. The van der Waals surface area contributed by atoms with E-state index in [-0.39, 0.29) is 24.3 Å². The Morgan fingerprint density at radius 3 is 2.74 bits per heavy atom. The number of carbonyl (C=O) groups is 1. The maximum atomic E-state index is 13.8. The molecule has 0 bridgehead atoms. The quantitative estimate of drug-likeness (QED) is 0.857. The Morgan fingerprint density at radius 1 is 1.53 bits per heavy atom. The molecule has 106 valence electrons. The van der Waals surface area contributed by atoms with Gasteiger partial charge in [-0.2, -0.15) is 0 Å². The van der Waals surface area contributed by atoms with Gasteiger partial charge < -0.3 is 15.0 Å². The fraction of sp³-hybridized carbons (Fsp3) is 0.500. The molecule has 0 saturated carbocycles. The molecule has 1 amide bonds. The van der Waals surface area contributed by atoms with Gasteiger partial charge in [-0.15, -0.1) is 0 Å². The summed E-state index contributed by atoms with van der Waals surface area (Å²) in [6.45, 7) is 4.58. The topological polar surface area (TPSA) is 41.6 Å². The molecule has 19 heavy (non-hydrogen) atoms. The zero-order chi connectivity index (χ0) is 14.4. The summed E-state index contributed by atoms with van der Waals surface area (Å²) < 4.78 is 18.8. The molecule has 0 aliphatic rings. The highest BCUT2D eigenvalue weighted by atomic mass is 19.1. The monoisotopic (exact) mass is 268 g/mol. The van der Waals surface area contributed by atoms with Crippen LogP contribution in [-0.4, -0.2) is 38.1 Å². The van der Waals surface area contributed by atoms with E-state index in [1.165, 1.54) is 13.2 Å². The maximum absolute atomic E-state index is 13.8. The first-order valence-electron chi connectivity index (χ1n) is 6.30. The van der Waals surface area contributed by atoms with E-state index in [1.807, 2.05) is 13.8 Å². The SMILES string of the molecule is CCN(C)C(=O)CNC(C)c1ccc(OC)cc1F. The second-order valence-electron chi connectivity index (χ2n) is 4.40. The predicted octanol–water partition coefficient (Wildman–Crippen LogP) is 1.96. The lowest BCUT2D eigenvalue weighted by Gasteiger charge is -2.18. The third-order valence-electron chi connectivity index (χ3n) is 3.13. The molecule has 1 atom stereocenters. The Balaban J connectivity index is 2.63. The highest BCUT2D eigenvalue weighted by Crippen LogP contribution is 2.21. The number of hydrogen-bond acceptors (Lipinski definition) is 3. The van der Waals surface area contributed by atoms with E-state index in [1.54, 1.807) is 24.1 Å². The Morgan fingerprint density at radius 2 is 2.21 bits per heavy atom. The molecule has 0 aliphatic carbocycles. The lowest BCUT2D eigenvalue weighted by molar-refractivity contribution is -0.128. The average molecular weight is 268 g/mol.